The lowest BCUT2D eigenvalue weighted by molar-refractivity contribution is -0.129. The summed E-state index contributed by atoms with van der Waals surface area (Å²) in [5.41, 5.74) is 2.79. The van der Waals surface area contributed by atoms with Crippen LogP contribution >= 0.6 is 0 Å². The van der Waals surface area contributed by atoms with Crippen molar-refractivity contribution in [3.05, 3.63) is 59.0 Å². The standard InChI is InChI=1S/C19H22N2O2/c1-13-6-7-18(23-13)11-20-16-10-19(22)21(12-16)17-8-14-4-2-3-5-15(14)9-17/h2-7,16-17,20H,8-12H2,1H3/t16-/m1/s1. The maximum atomic E-state index is 12.4. The summed E-state index contributed by atoms with van der Waals surface area (Å²) >= 11 is 0. The lowest BCUT2D eigenvalue weighted by Gasteiger charge is -2.24. The zero-order chi connectivity index (χ0) is 15.8. The molecule has 2 heterocycles. The van der Waals surface area contributed by atoms with Gasteiger partial charge >= 0.3 is 0 Å². The van der Waals surface area contributed by atoms with Crippen molar-refractivity contribution < 1.29 is 9.21 Å². The smallest absolute Gasteiger partial charge is 0.224 e. The summed E-state index contributed by atoms with van der Waals surface area (Å²) in [6.07, 6.45) is 2.57. The van der Waals surface area contributed by atoms with E-state index in [0.29, 0.717) is 19.0 Å². The molecule has 0 radical (unpaired) electrons. The van der Waals surface area contributed by atoms with Gasteiger partial charge in [0.15, 0.2) is 0 Å². The number of benzene rings is 1. The quantitative estimate of drug-likeness (QED) is 0.943. The summed E-state index contributed by atoms with van der Waals surface area (Å²) in [6.45, 7) is 3.43. The fourth-order valence-corrected chi connectivity index (χ4v) is 3.80. The Balaban J connectivity index is 1.36. The molecule has 120 valence electrons. The molecule has 1 N–H and O–H groups in total. The minimum absolute atomic E-state index is 0.219. The highest BCUT2D eigenvalue weighted by atomic mass is 16.3. The summed E-state index contributed by atoms with van der Waals surface area (Å²) in [7, 11) is 0. The van der Waals surface area contributed by atoms with Gasteiger partial charge in [-0.2, -0.15) is 0 Å². The lowest BCUT2D eigenvalue weighted by Crippen LogP contribution is -2.39. The highest BCUT2D eigenvalue weighted by Gasteiger charge is 2.36. The molecule has 1 atom stereocenters. The first kappa shape index (κ1) is 14.5. The highest BCUT2D eigenvalue weighted by Crippen LogP contribution is 2.28. The molecule has 1 amide bonds. The van der Waals surface area contributed by atoms with Crippen molar-refractivity contribution in [1.82, 2.24) is 10.2 Å². The molecule has 0 spiro atoms. The number of carbonyl (C=O) groups excluding carboxylic acids is 1. The van der Waals surface area contributed by atoms with E-state index in [2.05, 4.69) is 34.5 Å². The highest BCUT2D eigenvalue weighted by molar-refractivity contribution is 5.79. The first-order valence-corrected chi connectivity index (χ1v) is 8.34. The second kappa shape index (κ2) is 5.85. The van der Waals surface area contributed by atoms with Crippen LogP contribution in [0, 0.1) is 6.92 Å². The van der Waals surface area contributed by atoms with E-state index < -0.39 is 0 Å². The largest absolute Gasteiger partial charge is 0.465 e. The van der Waals surface area contributed by atoms with Crippen LogP contribution in [0.1, 0.15) is 29.1 Å². The average molecular weight is 310 g/mol. The topological polar surface area (TPSA) is 45.5 Å². The van der Waals surface area contributed by atoms with Gasteiger partial charge in [-0.15, -0.1) is 0 Å². The molecule has 23 heavy (non-hydrogen) atoms. The molecule has 1 aliphatic carbocycles. The normalized spacial score (nSPS) is 21.2. The molecule has 1 aliphatic heterocycles. The van der Waals surface area contributed by atoms with Crippen molar-refractivity contribution in [2.75, 3.05) is 6.54 Å². The Labute approximate surface area is 136 Å². The Morgan fingerprint density at radius 2 is 1.87 bits per heavy atom. The predicted molar refractivity (Wildman–Crippen MR) is 88.0 cm³/mol. The summed E-state index contributed by atoms with van der Waals surface area (Å²) in [6, 6.07) is 13.1. The van der Waals surface area contributed by atoms with Crippen LogP contribution in [0.15, 0.2) is 40.8 Å². The van der Waals surface area contributed by atoms with E-state index in [9.17, 15) is 4.79 Å². The first-order valence-electron chi connectivity index (χ1n) is 8.34. The maximum Gasteiger partial charge on any atom is 0.224 e. The number of carbonyl (C=O) groups is 1. The fraction of sp³-hybridized carbons (Fsp3) is 0.421. The van der Waals surface area contributed by atoms with Crippen molar-refractivity contribution in [2.24, 2.45) is 0 Å². The van der Waals surface area contributed by atoms with Gasteiger partial charge in [0.2, 0.25) is 5.91 Å². The van der Waals surface area contributed by atoms with E-state index in [1.807, 2.05) is 19.1 Å². The number of furan rings is 1. The van der Waals surface area contributed by atoms with Gasteiger partial charge in [-0.3, -0.25) is 4.79 Å². The molecule has 0 bridgehead atoms. The van der Waals surface area contributed by atoms with Crippen LogP contribution < -0.4 is 5.32 Å². The van der Waals surface area contributed by atoms with E-state index in [4.69, 9.17) is 4.42 Å². The second-order valence-electron chi connectivity index (χ2n) is 6.67. The molecular weight excluding hydrogens is 288 g/mol. The number of hydrogen-bond acceptors (Lipinski definition) is 3. The Kier molecular flexibility index (Phi) is 3.69. The van der Waals surface area contributed by atoms with E-state index >= 15 is 0 Å². The van der Waals surface area contributed by atoms with Crippen molar-refractivity contribution >= 4 is 5.91 Å². The van der Waals surface area contributed by atoms with E-state index in [1.165, 1.54) is 11.1 Å². The number of amides is 1. The monoisotopic (exact) mass is 310 g/mol. The molecule has 4 rings (SSSR count). The lowest BCUT2D eigenvalue weighted by atomic mass is 10.1. The van der Waals surface area contributed by atoms with Crippen LogP contribution in [0.5, 0.6) is 0 Å². The predicted octanol–water partition coefficient (Wildman–Crippen LogP) is 2.45. The van der Waals surface area contributed by atoms with Crippen LogP contribution in [-0.4, -0.2) is 29.4 Å². The zero-order valence-corrected chi connectivity index (χ0v) is 13.4. The van der Waals surface area contributed by atoms with Gasteiger partial charge in [-0.25, -0.2) is 0 Å². The first-order chi connectivity index (χ1) is 11.2. The van der Waals surface area contributed by atoms with Gasteiger partial charge < -0.3 is 14.6 Å². The third-order valence-corrected chi connectivity index (χ3v) is 4.99. The summed E-state index contributed by atoms with van der Waals surface area (Å²) in [5.74, 6) is 2.13. The van der Waals surface area contributed by atoms with Crippen LogP contribution in [0.3, 0.4) is 0 Å². The number of nitrogens with zero attached hydrogens (tertiary/aromatic N) is 1. The molecule has 2 aliphatic rings. The maximum absolute atomic E-state index is 12.4. The van der Waals surface area contributed by atoms with Gasteiger partial charge in [0.1, 0.15) is 11.5 Å². The van der Waals surface area contributed by atoms with Gasteiger partial charge in [0, 0.05) is 25.0 Å². The summed E-state index contributed by atoms with van der Waals surface area (Å²) < 4.78 is 5.58. The van der Waals surface area contributed by atoms with Crippen molar-refractivity contribution in [2.45, 2.75) is 44.8 Å². The molecule has 1 saturated heterocycles. The molecule has 4 nitrogen and oxygen atoms in total. The van der Waals surface area contributed by atoms with Gasteiger partial charge in [0.05, 0.1) is 6.54 Å². The van der Waals surface area contributed by atoms with Gasteiger partial charge in [0.25, 0.3) is 0 Å². The molecule has 0 unspecified atom stereocenters. The third kappa shape index (κ3) is 2.91. The molecule has 2 aromatic rings. The molecule has 1 aromatic carbocycles. The average Bonchev–Trinajstić information content (AvgIpc) is 3.23. The van der Waals surface area contributed by atoms with Crippen LogP contribution in [0.4, 0.5) is 0 Å². The summed E-state index contributed by atoms with van der Waals surface area (Å²) in [5, 5.41) is 3.46. The minimum atomic E-state index is 0.219. The van der Waals surface area contributed by atoms with Crippen LogP contribution in [0.25, 0.3) is 0 Å². The SMILES string of the molecule is Cc1ccc(CN[C@@H]2CC(=O)N(C3Cc4ccccc4C3)C2)o1. The Hall–Kier alpha value is -2.07. The number of nitrogens with one attached hydrogen (secondary N) is 1. The number of fused-ring (bicyclic) bond motifs is 1. The Morgan fingerprint density at radius 1 is 1.13 bits per heavy atom. The summed E-state index contributed by atoms with van der Waals surface area (Å²) in [4.78, 5) is 14.5. The van der Waals surface area contributed by atoms with Crippen LogP contribution in [0.2, 0.25) is 0 Å². The van der Waals surface area contributed by atoms with E-state index in [-0.39, 0.29) is 11.9 Å². The molecule has 1 fully saturated rings. The minimum Gasteiger partial charge on any atom is -0.465 e. The fourth-order valence-electron chi connectivity index (χ4n) is 3.80. The van der Waals surface area contributed by atoms with E-state index in [1.54, 1.807) is 0 Å². The number of rotatable bonds is 4. The zero-order valence-electron chi connectivity index (χ0n) is 13.4. The number of aryl methyl sites for hydroxylation is 1. The van der Waals surface area contributed by atoms with E-state index in [0.717, 1.165) is 30.9 Å². The van der Waals surface area contributed by atoms with Crippen molar-refractivity contribution in [3.63, 3.8) is 0 Å². The number of hydrogen-bond donors (Lipinski definition) is 1. The molecule has 4 heteroatoms. The van der Waals surface area contributed by atoms with Gasteiger partial charge in [-0.05, 0) is 43.0 Å². The molecule has 0 saturated carbocycles. The molecular formula is C19H22N2O2. The third-order valence-electron chi connectivity index (χ3n) is 4.99. The van der Waals surface area contributed by atoms with Crippen molar-refractivity contribution in [1.29, 1.82) is 0 Å². The van der Waals surface area contributed by atoms with Gasteiger partial charge in [-0.1, -0.05) is 24.3 Å². The van der Waals surface area contributed by atoms with Crippen LogP contribution in [-0.2, 0) is 24.2 Å². The molecule has 1 aromatic heterocycles. The van der Waals surface area contributed by atoms with Crippen molar-refractivity contribution in [3.8, 4) is 0 Å². The second-order valence-corrected chi connectivity index (χ2v) is 6.67. The number of likely N-dealkylation sites (tertiary alicyclic amines) is 1. The Morgan fingerprint density at radius 3 is 2.52 bits per heavy atom. The Bertz CT molecular complexity index is 697.